The zero-order chi connectivity index (χ0) is 17.5. The van der Waals surface area contributed by atoms with Crippen LogP contribution >= 0.6 is 23.2 Å². The summed E-state index contributed by atoms with van der Waals surface area (Å²) in [4.78, 5) is 2.40. The number of piperazine rings is 1. The van der Waals surface area contributed by atoms with Gasteiger partial charge in [0.1, 0.15) is 0 Å². The standard InChI is InChI=1S/C20H21Cl2N3/c21-19(14-17-6-2-1-3-7-17)15-23-25-12-10-24(11-13-25)16-18-8-4-5-9-20(18)22/h1-9,14-15H,10-13,16H2/b19-14+,23-15-. The Kier molecular flexibility index (Phi) is 6.51. The molecule has 3 rings (SSSR count). The van der Waals surface area contributed by atoms with E-state index in [1.54, 1.807) is 6.21 Å². The number of hydrogen-bond acceptors (Lipinski definition) is 3. The number of halogens is 2. The summed E-state index contributed by atoms with van der Waals surface area (Å²) >= 11 is 12.5. The fourth-order valence-electron chi connectivity index (χ4n) is 2.76. The highest BCUT2D eigenvalue weighted by atomic mass is 35.5. The second kappa shape index (κ2) is 9.04. The predicted molar refractivity (Wildman–Crippen MR) is 107 cm³/mol. The van der Waals surface area contributed by atoms with E-state index in [1.807, 2.05) is 54.6 Å². The average molecular weight is 374 g/mol. The van der Waals surface area contributed by atoms with Gasteiger partial charge < -0.3 is 0 Å². The van der Waals surface area contributed by atoms with E-state index in [2.05, 4.69) is 21.1 Å². The van der Waals surface area contributed by atoms with Crippen molar-refractivity contribution in [1.82, 2.24) is 9.91 Å². The minimum Gasteiger partial charge on any atom is -0.295 e. The molecule has 1 heterocycles. The van der Waals surface area contributed by atoms with Crippen molar-refractivity contribution in [1.29, 1.82) is 0 Å². The molecule has 1 fully saturated rings. The number of nitrogens with zero attached hydrogens (tertiary/aromatic N) is 3. The molecule has 1 aliphatic rings. The van der Waals surface area contributed by atoms with Crippen molar-refractivity contribution in [3.63, 3.8) is 0 Å². The number of hydrogen-bond donors (Lipinski definition) is 0. The summed E-state index contributed by atoms with van der Waals surface area (Å²) in [6, 6.07) is 18.0. The molecule has 130 valence electrons. The lowest BCUT2D eigenvalue weighted by molar-refractivity contribution is 0.131. The highest BCUT2D eigenvalue weighted by molar-refractivity contribution is 6.41. The van der Waals surface area contributed by atoms with Gasteiger partial charge in [0.05, 0.1) is 11.2 Å². The van der Waals surface area contributed by atoms with E-state index in [0.717, 1.165) is 43.3 Å². The van der Waals surface area contributed by atoms with Gasteiger partial charge in [0.25, 0.3) is 0 Å². The number of hydrazone groups is 1. The molecule has 2 aromatic carbocycles. The van der Waals surface area contributed by atoms with Crippen molar-refractivity contribution in [2.24, 2.45) is 5.10 Å². The molecule has 0 unspecified atom stereocenters. The molecule has 0 spiro atoms. The largest absolute Gasteiger partial charge is 0.295 e. The topological polar surface area (TPSA) is 18.8 Å². The molecule has 5 heteroatoms. The van der Waals surface area contributed by atoms with Gasteiger partial charge in [-0.05, 0) is 23.3 Å². The Hall–Kier alpha value is -1.81. The molecule has 0 aromatic heterocycles. The van der Waals surface area contributed by atoms with E-state index >= 15 is 0 Å². The van der Waals surface area contributed by atoms with Crippen molar-refractivity contribution >= 4 is 35.5 Å². The smallest absolute Gasteiger partial charge is 0.0657 e. The zero-order valence-electron chi connectivity index (χ0n) is 14.0. The van der Waals surface area contributed by atoms with Crippen molar-refractivity contribution in [2.75, 3.05) is 26.2 Å². The van der Waals surface area contributed by atoms with Crippen LogP contribution in [-0.2, 0) is 6.54 Å². The molecule has 0 atom stereocenters. The van der Waals surface area contributed by atoms with Crippen LogP contribution in [0.3, 0.4) is 0 Å². The van der Waals surface area contributed by atoms with Gasteiger partial charge in [-0.3, -0.25) is 9.91 Å². The summed E-state index contributed by atoms with van der Waals surface area (Å²) in [5.74, 6) is 0. The van der Waals surface area contributed by atoms with Crippen LogP contribution in [0.1, 0.15) is 11.1 Å². The first-order valence-electron chi connectivity index (χ1n) is 8.37. The highest BCUT2D eigenvalue weighted by Gasteiger charge is 2.16. The lowest BCUT2D eigenvalue weighted by Gasteiger charge is -2.33. The van der Waals surface area contributed by atoms with Gasteiger partial charge >= 0.3 is 0 Å². The summed E-state index contributed by atoms with van der Waals surface area (Å²) in [5, 5.41) is 8.02. The molecule has 1 saturated heterocycles. The van der Waals surface area contributed by atoms with E-state index in [-0.39, 0.29) is 0 Å². The Morgan fingerprint density at radius 3 is 2.36 bits per heavy atom. The molecule has 0 N–H and O–H groups in total. The average Bonchev–Trinajstić information content (AvgIpc) is 2.64. The lowest BCUT2D eigenvalue weighted by Crippen LogP contribution is -2.43. The van der Waals surface area contributed by atoms with Crippen LogP contribution in [0.25, 0.3) is 6.08 Å². The minimum atomic E-state index is 0.629. The van der Waals surface area contributed by atoms with Gasteiger partial charge in [0.2, 0.25) is 0 Å². The maximum absolute atomic E-state index is 6.25. The zero-order valence-corrected chi connectivity index (χ0v) is 15.5. The molecule has 0 saturated carbocycles. The first-order valence-corrected chi connectivity index (χ1v) is 9.13. The molecule has 25 heavy (non-hydrogen) atoms. The number of allylic oxidation sites excluding steroid dienone is 1. The second-order valence-corrected chi connectivity index (χ2v) is 6.85. The molecular weight excluding hydrogens is 353 g/mol. The molecule has 0 amide bonds. The van der Waals surface area contributed by atoms with Gasteiger partial charge in [-0.1, -0.05) is 71.7 Å². The monoisotopic (exact) mass is 373 g/mol. The van der Waals surface area contributed by atoms with Gasteiger partial charge in [-0.25, -0.2) is 0 Å². The molecule has 0 aliphatic carbocycles. The first-order chi connectivity index (χ1) is 12.2. The summed E-state index contributed by atoms with van der Waals surface area (Å²) in [6.07, 6.45) is 3.64. The van der Waals surface area contributed by atoms with Crippen LogP contribution in [-0.4, -0.2) is 42.3 Å². The third-order valence-corrected chi connectivity index (χ3v) is 4.72. The van der Waals surface area contributed by atoms with Crippen LogP contribution in [0.2, 0.25) is 5.02 Å². The van der Waals surface area contributed by atoms with E-state index in [4.69, 9.17) is 23.2 Å². The van der Waals surface area contributed by atoms with Gasteiger partial charge in [0, 0.05) is 37.7 Å². The van der Waals surface area contributed by atoms with E-state index < -0.39 is 0 Å². The minimum absolute atomic E-state index is 0.629. The third kappa shape index (κ3) is 5.60. The Bertz CT molecular complexity index is 736. The van der Waals surface area contributed by atoms with E-state index in [0.29, 0.717) is 5.03 Å². The van der Waals surface area contributed by atoms with Gasteiger partial charge in [-0.2, -0.15) is 5.10 Å². The molecule has 0 radical (unpaired) electrons. The molecule has 3 nitrogen and oxygen atoms in total. The highest BCUT2D eigenvalue weighted by Crippen LogP contribution is 2.18. The predicted octanol–water partition coefficient (Wildman–Crippen LogP) is 4.72. The van der Waals surface area contributed by atoms with Gasteiger partial charge in [0.15, 0.2) is 0 Å². The van der Waals surface area contributed by atoms with Crippen LogP contribution in [0.15, 0.2) is 64.7 Å². The summed E-state index contributed by atoms with van der Waals surface area (Å²) in [6.45, 7) is 4.57. The van der Waals surface area contributed by atoms with Crippen molar-refractivity contribution < 1.29 is 0 Å². The quantitative estimate of drug-likeness (QED) is 0.705. The Morgan fingerprint density at radius 2 is 1.64 bits per heavy atom. The Balaban J connectivity index is 1.49. The van der Waals surface area contributed by atoms with E-state index in [1.165, 1.54) is 5.56 Å². The van der Waals surface area contributed by atoms with Crippen molar-refractivity contribution in [3.05, 3.63) is 75.8 Å². The fraction of sp³-hybridized carbons (Fsp3) is 0.250. The molecule has 1 aliphatic heterocycles. The summed E-state index contributed by atoms with van der Waals surface area (Å²) in [7, 11) is 0. The lowest BCUT2D eigenvalue weighted by atomic mass is 10.2. The normalized spacial score (nSPS) is 16.6. The van der Waals surface area contributed by atoms with Crippen molar-refractivity contribution in [2.45, 2.75) is 6.54 Å². The third-order valence-electron chi connectivity index (χ3n) is 4.15. The summed E-state index contributed by atoms with van der Waals surface area (Å²) < 4.78 is 0. The second-order valence-electron chi connectivity index (χ2n) is 6.01. The molecule has 0 bridgehead atoms. The maximum atomic E-state index is 6.25. The van der Waals surface area contributed by atoms with Crippen LogP contribution in [0.4, 0.5) is 0 Å². The van der Waals surface area contributed by atoms with Gasteiger partial charge in [-0.15, -0.1) is 0 Å². The first kappa shape index (κ1) is 18.0. The maximum Gasteiger partial charge on any atom is 0.0657 e. The van der Waals surface area contributed by atoms with Crippen LogP contribution < -0.4 is 0 Å². The SMILES string of the molecule is ClC(/C=N\N1CCN(Cc2ccccc2Cl)CC1)=C/c1ccccc1. The summed E-state index contributed by atoms with van der Waals surface area (Å²) in [5.41, 5.74) is 2.25. The molecular formula is C20H21Cl2N3. The Morgan fingerprint density at radius 1 is 0.960 bits per heavy atom. The van der Waals surface area contributed by atoms with E-state index in [9.17, 15) is 0 Å². The number of benzene rings is 2. The van der Waals surface area contributed by atoms with Crippen molar-refractivity contribution in [3.8, 4) is 0 Å². The Labute approximate surface area is 159 Å². The van der Waals surface area contributed by atoms with Crippen LogP contribution in [0.5, 0.6) is 0 Å². The van der Waals surface area contributed by atoms with Crippen LogP contribution in [0, 0.1) is 0 Å². The fourth-order valence-corrected chi connectivity index (χ4v) is 3.13. The number of rotatable bonds is 5. The molecule has 2 aromatic rings.